The predicted octanol–water partition coefficient (Wildman–Crippen LogP) is 2.17. The maximum Gasteiger partial charge on any atom is 0.251 e. The van der Waals surface area contributed by atoms with Gasteiger partial charge in [-0.3, -0.25) is 9.78 Å². The van der Waals surface area contributed by atoms with Gasteiger partial charge < -0.3 is 19.9 Å². The molecule has 0 fully saturated rings. The number of carbonyl (C=O) groups excluding carboxylic acids is 1. The Bertz CT molecular complexity index is 659. The van der Waals surface area contributed by atoms with Crippen LogP contribution in [-0.4, -0.2) is 35.3 Å². The summed E-state index contributed by atoms with van der Waals surface area (Å²) in [7, 11) is 0. The van der Waals surface area contributed by atoms with Crippen molar-refractivity contribution >= 4 is 5.91 Å². The van der Waals surface area contributed by atoms with Gasteiger partial charge in [0.15, 0.2) is 11.5 Å². The molecule has 2 aromatic rings. The second kappa shape index (κ2) is 8.88. The summed E-state index contributed by atoms with van der Waals surface area (Å²) >= 11 is 0. The smallest absolute Gasteiger partial charge is 0.251 e. The topological polar surface area (TPSA) is 80.7 Å². The largest absolute Gasteiger partial charge is 0.490 e. The maximum atomic E-state index is 12.1. The van der Waals surface area contributed by atoms with Gasteiger partial charge >= 0.3 is 0 Å². The fraction of sp³-hybridized carbons (Fsp3) is 0.333. The number of ether oxygens (including phenoxy) is 2. The standard InChI is InChI=1S/C18H22N2O4/c1-3-23-17-10-15(18(22)20-11-13(2)21)4-5-16(17)24-12-14-6-8-19-9-7-14/h4-10,13,21H,3,11-12H2,1-2H3,(H,20,22). The average molecular weight is 330 g/mol. The number of aliphatic hydroxyl groups excluding tert-OH is 1. The zero-order chi connectivity index (χ0) is 17.4. The summed E-state index contributed by atoms with van der Waals surface area (Å²) in [6, 6.07) is 8.77. The Kier molecular flexibility index (Phi) is 6.57. The lowest BCUT2D eigenvalue weighted by Crippen LogP contribution is -2.30. The first-order chi connectivity index (χ1) is 11.6. The molecule has 0 radical (unpaired) electrons. The summed E-state index contributed by atoms with van der Waals surface area (Å²) in [5.74, 6) is 0.814. The van der Waals surface area contributed by atoms with Gasteiger partial charge in [-0.2, -0.15) is 0 Å². The minimum absolute atomic E-state index is 0.198. The summed E-state index contributed by atoms with van der Waals surface area (Å²) in [5, 5.41) is 11.9. The Morgan fingerprint density at radius 3 is 2.62 bits per heavy atom. The van der Waals surface area contributed by atoms with E-state index < -0.39 is 6.10 Å². The Balaban J connectivity index is 2.09. The van der Waals surface area contributed by atoms with Crippen LogP contribution >= 0.6 is 0 Å². The van der Waals surface area contributed by atoms with E-state index in [1.165, 1.54) is 0 Å². The van der Waals surface area contributed by atoms with E-state index in [-0.39, 0.29) is 12.5 Å². The highest BCUT2D eigenvalue weighted by molar-refractivity contribution is 5.94. The van der Waals surface area contributed by atoms with E-state index in [1.54, 1.807) is 37.5 Å². The highest BCUT2D eigenvalue weighted by Crippen LogP contribution is 2.29. The molecule has 1 unspecified atom stereocenters. The molecule has 1 amide bonds. The third-order valence-electron chi connectivity index (χ3n) is 3.21. The number of rotatable bonds is 8. The molecule has 0 aliphatic rings. The molecule has 1 atom stereocenters. The number of carbonyl (C=O) groups is 1. The minimum atomic E-state index is -0.594. The SMILES string of the molecule is CCOc1cc(C(=O)NCC(C)O)ccc1OCc1ccncc1. The second-order valence-corrected chi connectivity index (χ2v) is 5.30. The van der Waals surface area contributed by atoms with Crippen LogP contribution in [0.25, 0.3) is 0 Å². The molecule has 0 saturated heterocycles. The van der Waals surface area contributed by atoms with Crippen molar-refractivity contribution in [2.24, 2.45) is 0 Å². The van der Waals surface area contributed by atoms with E-state index in [1.807, 2.05) is 19.1 Å². The lowest BCUT2D eigenvalue weighted by atomic mass is 10.2. The Hall–Kier alpha value is -2.60. The van der Waals surface area contributed by atoms with Crippen LogP contribution in [0.15, 0.2) is 42.7 Å². The average Bonchev–Trinajstić information content (AvgIpc) is 2.59. The first kappa shape index (κ1) is 17.7. The molecule has 0 aliphatic heterocycles. The number of pyridine rings is 1. The summed E-state index contributed by atoms with van der Waals surface area (Å²) in [4.78, 5) is 16.0. The van der Waals surface area contributed by atoms with Gasteiger partial charge in [0, 0.05) is 24.5 Å². The molecular formula is C18H22N2O4. The number of aromatic nitrogens is 1. The van der Waals surface area contributed by atoms with Gasteiger partial charge in [0.25, 0.3) is 5.91 Å². The van der Waals surface area contributed by atoms with Crippen molar-refractivity contribution in [3.63, 3.8) is 0 Å². The molecule has 1 aromatic heterocycles. The zero-order valence-corrected chi connectivity index (χ0v) is 13.9. The molecule has 2 N–H and O–H groups in total. The van der Waals surface area contributed by atoms with Crippen molar-refractivity contribution in [1.29, 1.82) is 0 Å². The first-order valence-electron chi connectivity index (χ1n) is 7.85. The van der Waals surface area contributed by atoms with E-state index in [2.05, 4.69) is 10.3 Å². The molecule has 24 heavy (non-hydrogen) atoms. The molecule has 0 bridgehead atoms. The van der Waals surface area contributed by atoms with Crippen LogP contribution in [0, 0.1) is 0 Å². The zero-order valence-electron chi connectivity index (χ0n) is 13.9. The normalized spacial score (nSPS) is 11.6. The predicted molar refractivity (Wildman–Crippen MR) is 90.2 cm³/mol. The van der Waals surface area contributed by atoms with Gasteiger partial charge in [-0.1, -0.05) is 0 Å². The van der Waals surface area contributed by atoms with Gasteiger partial charge in [0.05, 0.1) is 12.7 Å². The fourth-order valence-electron chi connectivity index (χ4n) is 2.02. The first-order valence-corrected chi connectivity index (χ1v) is 7.85. The Labute approximate surface area is 141 Å². The Morgan fingerprint density at radius 1 is 1.21 bits per heavy atom. The summed E-state index contributed by atoms with van der Waals surface area (Å²) in [6.07, 6.45) is 2.82. The second-order valence-electron chi connectivity index (χ2n) is 5.30. The summed E-state index contributed by atoms with van der Waals surface area (Å²) in [5.41, 5.74) is 1.45. The Morgan fingerprint density at radius 2 is 1.96 bits per heavy atom. The fourth-order valence-corrected chi connectivity index (χ4v) is 2.02. The van der Waals surface area contributed by atoms with Gasteiger partial charge in [0.1, 0.15) is 6.61 Å². The van der Waals surface area contributed by atoms with Crippen molar-refractivity contribution in [2.45, 2.75) is 26.6 Å². The van der Waals surface area contributed by atoms with Crippen LogP contribution in [-0.2, 0) is 6.61 Å². The van der Waals surface area contributed by atoms with E-state index >= 15 is 0 Å². The van der Waals surface area contributed by atoms with Crippen LogP contribution < -0.4 is 14.8 Å². The number of benzene rings is 1. The van der Waals surface area contributed by atoms with Gasteiger partial charge in [-0.25, -0.2) is 0 Å². The maximum absolute atomic E-state index is 12.1. The van der Waals surface area contributed by atoms with Crippen LogP contribution in [0.2, 0.25) is 0 Å². The van der Waals surface area contributed by atoms with Crippen LogP contribution in [0.4, 0.5) is 0 Å². The molecule has 6 heteroatoms. The number of hydrogen-bond acceptors (Lipinski definition) is 5. The van der Waals surface area contributed by atoms with Gasteiger partial charge in [-0.15, -0.1) is 0 Å². The lowest BCUT2D eigenvalue weighted by molar-refractivity contribution is 0.0923. The van der Waals surface area contributed by atoms with E-state index in [9.17, 15) is 9.90 Å². The molecule has 0 aliphatic carbocycles. The van der Waals surface area contributed by atoms with Crippen molar-refractivity contribution in [1.82, 2.24) is 10.3 Å². The third-order valence-corrected chi connectivity index (χ3v) is 3.21. The summed E-state index contributed by atoms with van der Waals surface area (Å²) in [6.45, 7) is 4.53. The quantitative estimate of drug-likeness (QED) is 0.775. The molecule has 0 saturated carbocycles. The number of hydrogen-bond donors (Lipinski definition) is 2. The monoisotopic (exact) mass is 330 g/mol. The van der Waals surface area contributed by atoms with Gasteiger partial charge in [-0.05, 0) is 49.7 Å². The number of nitrogens with one attached hydrogen (secondary N) is 1. The van der Waals surface area contributed by atoms with Crippen molar-refractivity contribution in [2.75, 3.05) is 13.2 Å². The molecule has 2 rings (SSSR count). The van der Waals surface area contributed by atoms with Crippen LogP contribution in [0.5, 0.6) is 11.5 Å². The van der Waals surface area contributed by atoms with Crippen molar-refractivity contribution < 1.29 is 19.4 Å². The molecule has 1 aromatic carbocycles. The van der Waals surface area contributed by atoms with E-state index in [4.69, 9.17) is 9.47 Å². The van der Waals surface area contributed by atoms with Crippen LogP contribution in [0.1, 0.15) is 29.8 Å². The number of aliphatic hydroxyl groups is 1. The molecule has 6 nitrogen and oxygen atoms in total. The lowest BCUT2D eigenvalue weighted by Gasteiger charge is -2.14. The van der Waals surface area contributed by atoms with E-state index in [0.717, 1.165) is 5.56 Å². The van der Waals surface area contributed by atoms with Crippen LogP contribution in [0.3, 0.4) is 0 Å². The minimum Gasteiger partial charge on any atom is -0.490 e. The number of nitrogens with zero attached hydrogens (tertiary/aromatic N) is 1. The van der Waals surface area contributed by atoms with Gasteiger partial charge in [0.2, 0.25) is 0 Å². The third kappa shape index (κ3) is 5.24. The molecular weight excluding hydrogens is 308 g/mol. The summed E-state index contributed by atoms with van der Waals surface area (Å²) < 4.78 is 11.4. The number of amides is 1. The highest BCUT2D eigenvalue weighted by atomic mass is 16.5. The molecule has 128 valence electrons. The van der Waals surface area contributed by atoms with Crippen molar-refractivity contribution in [3.05, 3.63) is 53.9 Å². The van der Waals surface area contributed by atoms with Crippen molar-refractivity contribution in [3.8, 4) is 11.5 Å². The molecule has 1 heterocycles. The van der Waals surface area contributed by atoms with E-state index in [0.29, 0.717) is 30.3 Å². The highest BCUT2D eigenvalue weighted by Gasteiger charge is 2.12. The molecule has 0 spiro atoms.